The van der Waals surface area contributed by atoms with Crippen LogP contribution < -0.4 is 24.4 Å². The minimum Gasteiger partial charge on any atom is -0.497 e. The predicted molar refractivity (Wildman–Crippen MR) is 174 cm³/mol. The predicted octanol–water partition coefficient (Wildman–Crippen LogP) is 4.58. The van der Waals surface area contributed by atoms with Crippen molar-refractivity contribution in [2.45, 2.75) is 26.8 Å². The molecule has 0 fully saturated rings. The zero-order valence-corrected chi connectivity index (χ0v) is 26.4. The Morgan fingerprint density at radius 2 is 1.67 bits per heavy atom. The van der Waals surface area contributed by atoms with Gasteiger partial charge in [0, 0.05) is 24.2 Å². The van der Waals surface area contributed by atoms with Crippen LogP contribution in [0.4, 0.5) is 0 Å². The van der Waals surface area contributed by atoms with Crippen LogP contribution in [-0.4, -0.2) is 40.0 Å². The van der Waals surface area contributed by atoms with Crippen molar-refractivity contribution in [3.63, 3.8) is 0 Å². The van der Waals surface area contributed by atoms with Gasteiger partial charge in [0.2, 0.25) is 0 Å². The summed E-state index contributed by atoms with van der Waals surface area (Å²) in [7, 11) is 1.61. The van der Waals surface area contributed by atoms with Crippen LogP contribution in [0.2, 0.25) is 0 Å². The molecule has 0 N–H and O–H groups in total. The monoisotopic (exact) mass is 634 g/mol. The van der Waals surface area contributed by atoms with Crippen molar-refractivity contribution in [3.05, 3.63) is 127 Å². The van der Waals surface area contributed by atoms with Gasteiger partial charge in [0.1, 0.15) is 17.2 Å². The van der Waals surface area contributed by atoms with E-state index in [9.17, 15) is 14.4 Å². The third kappa shape index (κ3) is 5.92. The van der Waals surface area contributed by atoms with Gasteiger partial charge in [-0.1, -0.05) is 41.7 Å². The number of esters is 2. The molecule has 2 aromatic heterocycles. The summed E-state index contributed by atoms with van der Waals surface area (Å²) in [5.74, 6) is 0.0598. The zero-order valence-electron chi connectivity index (χ0n) is 25.6. The first-order chi connectivity index (χ1) is 22.3. The van der Waals surface area contributed by atoms with Gasteiger partial charge in [-0.3, -0.25) is 14.2 Å². The summed E-state index contributed by atoms with van der Waals surface area (Å²) in [5, 5.41) is 4.88. The molecule has 0 spiro atoms. The number of allylic oxidation sites excluding steroid dienone is 1. The molecule has 0 radical (unpaired) electrons. The lowest BCUT2D eigenvalue weighted by atomic mass is 9.96. The molecular weight excluding hydrogens is 604 g/mol. The maximum atomic E-state index is 14.2. The minimum atomic E-state index is -0.808. The molecule has 0 aliphatic carbocycles. The van der Waals surface area contributed by atoms with Crippen molar-refractivity contribution in [2.75, 3.05) is 13.7 Å². The van der Waals surface area contributed by atoms with Crippen LogP contribution in [-0.2, 0) is 14.3 Å². The number of hydrogen-bond acceptors (Lipinski definition) is 9. The fraction of sp³-hybridized carbons (Fsp3) is 0.171. The fourth-order valence-corrected chi connectivity index (χ4v) is 6.35. The maximum absolute atomic E-state index is 14.2. The second-order valence-electron chi connectivity index (χ2n) is 10.4. The normalized spacial score (nSPS) is 14.4. The molecule has 5 aromatic rings. The van der Waals surface area contributed by atoms with Gasteiger partial charge in [0.15, 0.2) is 4.80 Å². The van der Waals surface area contributed by atoms with Crippen LogP contribution in [0.5, 0.6) is 11.5 Å². The first kappa shape index (κ1) is 30.5. The number of benzene rings is 3. The van der Waals surface area contributed by atoms with Gasteiger partial charge in [-0.05, 0) is 74.0 Å². The van der Waals surface area contributed by atoms with E-state index in [2.05, 4.69) is 4.99 Å². The Balaban J connectivity index is 1.53. The Morgan fingerprint density at radius 3 is 2.33 bits per heavy atom. The lowest BCUT2D eigenvalue weighted by molar-refractivity contribution is -0.139. The molecule has 1 aliphatic heterocycles. The minimum absolute atomic E-state index is 0.164. The van der Waals surface area contributed by atoms with Gasteiger partial charge in [-0.15, -0.1) is 0 Å². The number of methoxy groups -OCH3 is 1. The third-order valence-corrected chi connectivity index (χ3v) is 8.37. The molecular formula is C35H30N4O6S. The maximum Gasteiger partial charge on any atom is 0.338 e. The van der Waals surface area contributed by atoms with Crippen molar-refractivity contribution in [1.29, 1.82) is 0 Å². The van der Waals surface area contributed by atoms with E-state index >= 15 is 0 Å². The largest absolute Gasteiger partial charge is 0.497 e. The summed E-state index contributed by atoms with van der Waals surface area (Å²) in [4.78, 5) is 44.1. The van der Waals surface area contributed by atoms with Crippen LogP contribution in [0.25, 0.3) is 23.0 Å². The zero-order chi connectivity index (χ0) is 32.4. The van der Waals surface area contributed by atoms with Crippen molar-refractivity contribution >= 4 is 29.4 Å². The highest BCUT2D eigenvalue weighted by molar-refractivity contribution is 7.07. The Labute approximate surface area is 268 Å². The van der Waals surface area contributed by atoms with Crippen molar-refractivity contribution < 1.29 is 23.8 Å². The summed E-state index contributed by atoms with van der Waals surface area (Å²) >= 11 is 1.23. The lowest BCUT2D eigenvalue weighted by Crippen LogP contribution is -2.39. The Bertz CT molecular complexity index is 2140. The van der Waals surface area contributed by atoms with Crippen molar-refractivity contribution in [2.24, 2.45) is 4.99 Å². The molecule has 3 aromatic carbocycles. The molecule has 0 amide bonds. The molecule has 0 bridgehead atoms. The molecule has 10 nitrogen and oxygen atoms in total. The number of fused-ring (bicyclic) bond motifs is 1. The second kappa shape index (κ2) is 12.8. The molecule has 1 atom stereocenters. The Kier molecular flexibility index (Phi) is 8.49. The number of para-hydroxylation sites is 1. The second-order valence-corrected chi connectivity index (χ2v) is 11.4. The van der Waals surface area contributed by atoms with Gasteiger partial charge < -0.3 is 14.2 Å². The van der Waals surface area contributed by atoms with E-state index in [0.717, 1.165) is 22.6 Å². The number of carbonyl (C=O) groups is 2. The SMILES string of the molecule is CCOC(=O)C1=C(C)N=c2s/c(=C\c3cn(-c4ccccc4)nc3-c3ccc(OC)cc3)c(=O)n2[C@H]1c1ccc(OC(C)=O)cc1. The topological polar surface area (TPSA) is 114 Å². The quantitative estimate of drug-likeness (QED) is 0.181. The fourth-order valence-electron chi connectivity index (χ4n) is 5.31. The highest BCUT2D eigenvalue weighted by Gasteiger charge is 2.33. The summed E-state index contributed by atoms with van der Waals surface area (Å²) in [5.41, 5.74) is 4.15. The number of ether oxygens (including phenoxy) is 3. The molecule has 1 aliphatic rings. The molecule has 6 rings (SSSR count). The van der Waals surface area contributed by atoms with E-state index in [1.165, 1.54) is 22.8 Å². The number of aromatic nitrogens is 3. The van der Waals surface area contributed by atoms with Gasteiger partial charge in [-0.25, -0.2) is 14.5 Å². The number of nitrogens with zero attached hydrogens (tertiary/aromatic N) is 4. The van der Waals surface area contributed by atoms with Crippen LogP contribution in [0.15, 0.2) is 106 Å². The van der Waals surface area contributed by atoms with Gasteiger partial charge in [0.05, 0.1) is 41.2 Å². The first-order valence-corrected chi connectivity index (χ1v) is 15.4. The molecule has 0 saturated heterocycles. The van der Waals surface area contributed by atoms with E-state index in [0.29, 0.717) is 32.0 Å². The van der Waals surface area contributed by atoms with Crippen LogP contribution in [0.1, 0.15) is 37.9 Å². The molecule has 46 heavy (non-hydrogen) atoms. The summed E-state index contributed by atoms with van der Waals surface area (Å²) in [6.45, 7) is 4.94. The molecule has 0 saturated carbocycles. The van der Waals surface area contributed by atoms with Gasteiger partial charge >= 0.3 is 11.9 Å². The van der Waals surface area contributed by atoms with E-state index in [4.69, 9.17) is 19.3 Å². The average molecular weight is 635 g/mol. The third-order valence-electron chi connectivity index (χ3n) is 7.39. The van der Waals surface area contributed by atoms with E-state index in [1.54, 1.807) is 56.0 Å². The van der Waals surface area contributed by atoms with E-state index in [-0.39, 0.29) is 17.7 Å². The Morgan fingerprint density at radius 1 is 0.978 bits per heavy atom. The van der Waals surface area contributed by atoms with Crippen LogP contribution in [0, 0.1) is 0 Å². The van der Waals surface area contributed by atoms with Crippen LogP contribution in [0.3, 0.4) is 0 Å². The standard InChI is InChI=1S/C35H30N4O6S/c1-5-44-34(42)30-21(2)36-35-39(32(30)24-13-17-28(18-14-24)45-22(3)40)33(41)29(46-35)19-25-20-38(26-9-7-6-8-10-26)37-31(25)23-11-15-27(43-4)16-12-23/h6-20,32H,5H2,1-4H3/b29-19-/t32-/m0/s1. The number of hydrogen-bond donors (Lipinski definition) is 0. The highest BCUT2D eigenvalue weighted by atomic mass is 32.1. The number of rotatable bonds is 8. The number of carbonyl (C=O) groups excluding carboxylic acids is 2. The molecule has 232 valence electrons. The molecule has 3 heterocycles. The van der Waals surface area contributed by atoms with E-state index in [1.807, 2.05) is 60.8 Å². The van der Waals surface area contributed by atoms with Gasteiger partial charge in [0.25, 0.3) is 5.56 Å². The summed E-state index contributed by atoms with van der Waals surface area (Å²) < 4.78 is 19.7. The summed E-state index contributed by atoms with van der Waals surface area (Å²) in [6, 6.07) is 23.2. The summed E-state index contributed by atoms with van der Waals surface area (Å²) in [6.07, 6.45) is 3.69. The highest BCUT2D eigenvalue weighted by Crippen LogP contribution is 2.32. The van der Waals surface area contributed by atoms with Gasteiger partial charge in [-0.2, -0.15) is 5.10 Å². The molecule has 0 unspecified atom stereocenters. The lowest BCUT2D eigenvalue weighted by Gasteiger charge is -2.24. The van der Waals surface area contributed by atoms with Crippen molar-refractivity contribution in [3.8, 4) is 28.4 Å². The first-order valence-electron chi connectivity index (χ1n) is 14.5. The van der Waals surface area contributed by atoms with Crippen LogP contribution >= 0.6 is 11.3 Å². The smallest absolute Gasteiger partial charge is 0.338 e. The average Bonchev–Trinajstić information content (AvgIpc) is 3.61. The molecule has 11 heteroatoms. The number of thiazole rings is 1. The van der Waals surface area contributed by atoms with Crippen molar-refractivity contribution in [1.82, 2.24) is 14.3 Å². The van der Waals surface area contributed by atoms with E-state index < -0.39 is 18.0 Å². The Hall–Kier alpha value is -5.55.